The van der Waals surface area contributed by atoms with Crippen LogP contribution >= 0.6 is 0 Å². The van der Waals surface area contributed by atoms with Gasteiger partial charge in [-0.25, -0.2) is 0 Å². The van der Waals surface area contributed by atoms with Crippen molar-refractivity contribution in [2.24, 2.45) is 5.73 Å². The number of fused-ring (bicyclic) bond motifs is 1. The highest BCUT2D eigenvalue weighted by molar-refractivity contribution is 5.81. The number of hydrogen-bond acceptors (Lipinski definition) is 2. The molecule has 2 heteroatoms. The molecule has 0 radical (unpaired) electrons. The van der Waals surface area contributed by atoms with Crippen LogP contribution in [-0.2, 0) is 11.2 Å². The Kier molecular flexibility index (Phi) is 3.17. The lowest BCUT2D eigenvalue weighted by molar-refractivity contribution is -0.118. The molecule has 1 unspecified atom stereocenters. The van der Waals surface area contributed by atoms with Crippen molar-refractivity contribution in [2.75, 3.05) is 6.54 Å². The molecule has 0 fully saturated rings. The summed E-state index contributed by atoms with van der Waals surface area (Å²) in [6.07, 6.45) is 4.10. The molecule has 0 amide bonds. The Morgan fingerprint density at radius 2 is 2.20 bits per heavy atom. The zero-order valence-corrected chi connectivity index (χ0v) is 8.91. The minimum atomic E-state index is 0.178. The second-order valence-corrected chi connectivity index (χ2v) is 4.23. The van der Waals surface area contributed by atoms with Crippen LogP contribution in [0.3, 0.4) is 0 Å². The standard InChI is InChI=1S/C13H17NO/c14-9-12(15)8-11-6-3-5-10-4-1-2-7-13(10)11/h1-2,4,7,11H,3,5-6,8-9,14H2. The monoisotopic (exact) mass is 203 g/mol. The van der Waals surface area contributed by atoms with Crippen molar-refractivity contribution in [3.05, 3.63) is 35.4 Å². The number of carbonyl (C=O) groups is 1. The Hall–Kier alpha value is -1.15. The molecule has 2 rings (SSSR count). The number of carbonyl (C=O) groups excluding carboxylic acids is 1. The second kappa shape index (κ2) is 4.58. The number of aryl methyl sites for hydroxylation is 1. The molecule has 0 spiro atoms. The number of ketones is 1. The first kappa shape index (κ1) is 10.4. The van der Waals surface area contributed by atoms with E-state index in [4.69, 9.17) is 5.73 Å². The smallest absolute Gasteiger partial charge is 0.147 e. The van der Waals surface area contributed by atoms with Crippen LogP contribution in [0, 0.1) is 0 Å². The van der Waals surface area contributed by atoms with Gasteiger partial charge in [-0.3, -0.25) is 4.79 Å². The molecule has 0 aromatic heterocycles. The van der Waals surface area contributed by atoms with Gasteiger partial charge in [0.2, 0.25) is 0 Å². The molecule has 1 aromatic carbocycles. The molecule has 2 nitrogen and oxygen atoms in total. The number of benzene rings is 1. The van der Waals surface area contributed by atoms with Crippen molar-refractivity contribution in [3.63, 3.8) is 0 Å². The van der Waals surface area contributed by atoms with Crippen LogP contribution in [0.1, 0.15) is 36.3 Å². The van der Waals surface area contributed by atoms with Crippen LogP contribution in [-0.4, -0.2) is 12.3 Å². The summed E-state index contributed by atoms with van der Waals surface area (Å²) in [4.78, 5) is 11.4. The topological polar surface area (TPSA) is 43.1 Å². The summed E-state index contributed by atoms with van der Waals surface area (Å²) in [7, 11) is 0. The summed E-state index contributed by atoms with van der Waals surface area (Å²) in [5.41, 5.74) is 8.14. The summed E-state index contributed by atoms with van der Waals surface area (Å²) < 4.78 is 0. The first-order chi connectivity index (χ1) is 7.31. The molecule has 1 aliphatic rings. The molecule has 0 aliphatic heterocycles. The van der Waals surface area contributed by atoms with Gasteiger partial charge in [0.1, 0.15) is 5.78 Å². The normalized spacial score (nSPS) is 19.7. The summed E-state index contributed by atoms with van der Waals surface area (Å²) in [6, 6.07) is 8.47. The van der Waals surface area contributed by atoms with Gasteiger partial charge < -0.3 is 5.73 Å². The van der Waals surface area contributed by atoms with Crippen LogP contribution in [0.15, 0.2) is 24.3 Å². The van der Waals surface area contributed by atoms with E-state index in [9.17, 15) is 4.79 Å². The third-order valence-corrected chi connectivity index (χ3v) is 3.20. The Balaban J connectivity index is 2.18. The van der Waals surface area contributed by atoms with Gasteiger partial charge in [-0.1, -0.05) is 24.3 Å². The zero-order valence-electron chi connectivity index (χ0n) is 8.91. The zero-order chi connectivity index (χ0) is 10.7. The van der Waals surface area contributed by atoms with E-state index in [0.717, 1.165) is 12.8 Å². The van der Waals surface area contributed by atoms with E-state index < -0.39 is 0 Å². The number of nitrogens with two attached hydrogens (primary N) is 1. The fourth-order valence-electron chi connectivity index (χ4n) is 2.42. The van der Waals surface area contributed by atoms with Gasteiger partial charge in [-0.15, -0.1) is 0 Å². The quantitative estimate of drug-likeness (QED) is 0.816. The molecule has 2 N–H and O–H groups in total. The number of hydrogen-bond donors (Lipinski definition) is 1. The maximum Gasteiger partial charge on any atom is 0.147 e. The average Bonchev–Trinajstić information content (AvgIpc) is 2.29. The second-order valence-electron chi connectivity index (χ2n) is 4.23. The Labute approximate surface area is 90.5 Å². The maximum atomic E-state index is 11.4. The van der Waals surface area contributed by atoms with E-state index in [2.05, 4.69) is 24.3 Å². The number of rotatable bonds is 3. The lowest BCUT2D eigenvalue weighted by atomic mass is 9.80. The van der Waals surface area contributed by atoms with E-state index in [1.165, 1.54) is 17.5 Å². The molecule has 15 heavy (non-hydrogen) atoms. The van der Waals surface area contributed by atoms with Crippen molar-refractivity contribution in [3.8, 4) is 0 Å². The lowest BCUT2D eigenvalue weighted by Gasteiger charge is -2.24. The van der Waals surface area contributed by atoms with Gasteiger partial charge in [-0.05, 0) is 36.3 Å². The summed E-state index contributed by atoms with van der Waals surface area (Å²) >= 11 is 0. The molecule has 80 valence electrons. The van der Waals surface area contributed by atoms with Crippen LogP contribution in [0.25, 0.3) is 0 Å². The molecule has 0 bridgehead atoms. The van der Waals surface area contributed by atoms with Gasteiger partial charge in [-0.2, -0.15) is 0 Å². The van der Waals surface area contributed by atoms with Gasteiger partial charge in [0.25, 0.3) is 0 Å². The van der Waals surface area contributed by atoms with Crippen LogP contribution in [0.2, 0.25) is 0 Å². The van der Waals surface area contributed by atoms with Crippen molar-refractivity contribution in [2.45, 2.75) is 31.6 Å². The molecule has 0 saturated heterocycles. The first-order valence-electron chi connectivity index (χ1n) is 5.61. The molecule has 1 aromatic rings. The largest absolute Gasteiger partial charge is 0.324 e. The third kappa shape index (κ3) is 2.26. The van der Waals surface area contributed by atoms with E-state index >= 15 is 0 Å². The molecular formula is C13H17NO. The average molecular weight is 203 g/mol. The van der Waals surface area contributed by atoms with Crippen LogP contribution in [0.5, 0.6) is 0 Å². The van der Waals surface area contributed by atoms with Crippen LogP contribution in [0.4, 0.5) is 0 Å². The fraction of sp³-hybridized carbons (Fsp3) is 0.462. The van der Waals surface area contributed by atoms with E-state index in [-0.39, 0.29) is 12.3 Å². The van der Waals surface area contributed by atoms with Gasteiger partial charge in [0.15, 0.2) is 0 Å². The van der Waals surface area contributed by atoms with E-state index in [1.807, 2.05) is 0 Å². The SMILES string of the molecule is NCC(=O)CC1CCCc2ccccc21. The Bertz CT molecular complexity index is 359. The lowest BCUT2D eigenvalue weighted by Crippen LogP contribution is -2.19. The molecule has 1 atom stereocenters. The van der Waals surface area contributed by atoms with Crippen molar-refractivity contribution in [1.82, 2.24) is 0 Å². The predicted octanol–water partition coefficient (Wildman–Crippen LogP) is 2.02. The minimum Gasteiger partial charge on any atom is -0.324 e. The summed E-state index contributed by atoms with van der Waals surface area (Å²) in [5.74, 6) is 0.586. The molecule has 0 saturated carbocycles. The molecule has 0 heterocycles. The highest BCUT2D eigenvalue weighted by Crippen LogP contribution is 2.33. The third-order valence-electron chi connectivity index (χ3n) is 3.20. The fourth-order valence-corrected chi connectivity index (χ4v) is 2.42. The minimum absolute atomic E-state index is 0.178. The first-order valence-corrected chi connectivity index (χ1v) is 5.61. The molecular weight excluding hydrogens is 186 g/mol. The number of Topliss-reactive ketones (excluding diaryl/α,β-unsaturated/α-hetero) is 1. The van der Waals surface area contributed by atoms with E-state index in [1.54, 1.807) is 0 Å². The Morgan fingerprint density at radius 1 is 1.40 bits per heavy atom. The summed E-state index contributed by atoms with van der Waals surface area (Å²) in [6.45, 7) is 0.179. The van der Waals surface area contributed by atoms with Gasteiger partial charge in [0, 0.05) is 6.42 Å². The highest BCUT2D eigenvalue weighted by atomic mass is 16.1. The van der Waals surface area contributed by atoms with Gasteiger partial charge in [0.05, 0.1) is 6.54 Å². The highest BCUT2D eigenvalue weighted by Gasteiger charge is 2.21. The van der Waals surface area contributed by atoms with Gasteiger partial charge >= 0.3 is 0 Å². The predicted molar refractivity (Wildman–Crippen MR) is 60.8 cm³/mol. The maximum absolute atomic E-state index is 11.4. The Morgan fingerprint density at radius 3 is 3.00 bits per heavy atom. The van der Waals surface area contributed by atoms with Crippen LogP contribution < -0.4 is 5.73 Å². The molecule has 1 aliphatic carbocycles. The van der Waals surface area contributed by atoms with Crippen molar-refractivity contribution < 1.29 is 4.79 Å². The van der Waals surface area contributed by atoms with Crippen molar-refractivity contribution in [1.29, 1.82) is 0 Å². The summed E-state index contributed by atoms with van der Waals surface area (Å²) in [5, 5.41) is 0. The van der Waals surface area contributed by atoms with Crippen molar-refractivity contribution >= 4 is 5.78 Å². The van der Waals surface area contributed by atoms with E-state index in [0.29, 0.717) is 12.3 Å².